The van der Waals surface area contributed by atoms with Crippen molar-refractivity contribution in [2.75, 3.05) is 14.1 Å². The second kappa shape index (κ2) is 7.36. The Balaban J connectivity index is 1.79. The molecule has 0 N–H and O–H groups in total. The highest BCUT2D eigenvalue weighted by atomic mass is 32.2. The van der Waals surface area contributed by atoms with Crippen LogP contribution in [-0.4, -0.2) is 37.6 Å². The molecular weight excluding hydrogens is 372 g/mol. The van der Waals surface area contributed by atoms with Crippen LogP contribution in [0.3, 0.4) is 0 Å². The lowest BCUT2D eigenvalue weighted by molar-refractivity contribution is 0.104. The summed E-state index contributed by atoms with van der Waals surface area (Å²) in [5, 5.41) is 2.54. The minimum Gasteiger partial charge on any atom is -0.462 e. The Bertz CT molecular complexity index is 1050. The lowest BCUT2D eigenvalue weighted by atomic mass is 10.1. The van der Waals surface area contributed by atoms with Gasteiger partial charge in [0.15, 0.2) is 16.6 Å². The fourth-order valence-electron chi connectivity index (χ4n) is 2.15. The number of nitrogens with zero attached hydrogens (tertiary/aromatic N) is 2. The molecule has 0 aliphatic heterocycles. The van der Waals surface area contributed by atoms with Crippen LogP contribution in [0.2, 0.25) is 0 Å². The van der Waals surface area contributed by atoms with Gasteiger partial charge in [0.25, 0.3) is 0 Å². The van der Waals surface area contributed by atoms with Gasteiger partial charge >= 0.3 is 0 Å². The Kier molecular flexibility index (Phi) is 5.17. The molecule has 0 saturated carbocycles. The van der Waals surface area contributed by atoms with Crippen LogP contribution in [0.25, 0.3) is 16.8 Å². The molecule has 2 aromatic heterocycles. The number of ketones is 1. The van der Waals surface area contributed by atoms with Crippen molar-refractivity contribution in [1.82, 2.24) is 9.29 Å². The van der Waals surface area contributed by atoms with Gasteiger partial charge in [-0.2, -0.15) is 0 Å². The Morgan fingerprint density at radius 2 is 2.04 bits per heavy atom. The Morgan fingerprint density at radius 1 is 1.23 bits per heavy atom. The first-order valence-electron chi connectivity index (χ1n) is 7.62. The van der Waals surface area contributed by atoms with Gasteiger partial charge in [-0.05, 0) is 36.4 Å². The topological polar surface area (TPSA) is 80.5 Å². The molecule has 3 aromatic rings. The Labute approximate surface area is 155 Å². The maximum absolute atomic E-state index is 12.4. The number of aromatic nitrogens is 1. The molecule has 26 heavy (non-hydrogen) atoms. The van der Waals surface area contributed by atoms with Crippen LogP contribution in [0.4, 0.5) is 0 Å². The average molecular weight is 388 g/mol. The highest BCUT2D eigenvalue weighted by Gasteiger charge is 2.18. The molecular formula is C18H16N2O4S2. The second-order valence-electron chi connectivity index (χ2n) is 5.57. The molecule has 0 unspecified atom stereocenters. The molecule has 0 radical (unpaired) electrons. The third-order valence-corrected chi connectivity index (χ3v) is 6.24. The first kappa shape index (κ1) is 18.2. The van der Waals surface area contributed by atoms with E-state index in [9.17, 15) is 13.2 Å². The summed E-state index contributed by atoms with van der Waals surface area (Å²) in [4.78, 5) is 16.8. The van der Waals surface area contributed by atoms with E-state index in [0.717, 1.165) is 9.31 Å². The molecule has 0 bridgehead atoms. The van der Waals surface area contributed by atoms with Crippen LogP contribution >= 0.6 is 11.3 Å². The third-order valence-electron chi connectivity index (χ3n) is 3.56. The number of hydrogen-bond acceptors (Lipinski definition) is 6. The first-order chi connectivity index (χ1) is 12.4. The van der Waals surface area contributed by atoms with Gasteiger partial charge in [0.05, 0.1) is 16.9 Å². The normalized spacial score (nSPS) is 12.1. The van der Waals surface area contributed by atoms with E-state index in [1.165, 1.54) is 43.6 Å². The van der Waals surface area contributed by atoms with Gasteiger partial charge in [-0.25, -0.2) is 17.7 Å². The lowest BCUT2D eigenvalue weighted by Gasteiger charge is -2.11. The SMILES string of the molecule is CN(C)S(=O)(=O)c1cccc(C(=O)C=Cc2csc(-c3ccco3)n2)c1. The second-order valence-corrected chi connectivity index (χ2v) is 8.58. The molecule has 0 saturated heterocycles. The highest BCUT2D eigenvalue weighted by Crippen LogP contribution is 2.24. The van der Waals surface area contributed by atoms with Crippen LogP contribution in [0.1, 0.15) is 16.1 Å². The highest BCUT2D eigenvalue weighted by molar-refractivity contribution is 7.89. The number of rotatable bonds is 6. The summed E-state index contributed by atoms with van der Waals surface area (Å²) in [5.41, 5.74) is 0.928. The summed E-state index contributed by atoms with van der Waals surface area (Å²) in [6, 6.07) is 9.56. The Hall–Kier alpha value is -2.55. The van der Waals surface area contributed by atoms with Crippen molar-refractivity contribution in [3.05, 3.63) is 65.4 Å². The van der Waals surface area contributed by atoms with Crippen LogP contribution in [0, 0.1) is 0 Å². The maximum atomic E-state index is 12.4. The van der Waals surface area contributed by atoms with E-state index in [2.05, 4.69) is 4.98 Å². The van der Waals surface area contributed by atoms with E-state index < -0.39 is 10.0 Å². The Morgan fingerprint density at radius 3 is 2.73 bits per heavy atom. The predicted octanol–water partition coefficient (Wildman–Crippen LogP) is 3.55. The van der Waals surface area contributed by atoms with E-state index in [0.29, 0.717) is 17.0 Å². The molecule has 134 valence electrons. The van der Waals surface area contributed by atoms with Crippen LogP contribution in [0.5, 0.6) is 0 Å². The summed E-state index contributed by atoms with van der Waals surface area (Å²) in [7, 11) is -0.692. The molecule has 0 aliphatic rings. The number of carbonyl (C=O) groups is 1. The molecule has 1 aromatic carbocycles. The molecule has 0 fully saturated rings. The van der Waals surface area contributed by atoms with E-state index in [1.54, 1.807) is 30.5 Å². The summed E-state index contributed by atoms with van der Waals surface area (Å²) in [6.45, 7) is 0. The number of sulfonamides is 1. The van der Waals surface area contributed by atoms with Crippen LogP contribution < -0.4 is 0 Å². The van der Waals surface area contributed by atoms with Gasteiger partial charge in [0.1, 0.15) is 0 Å². The zero-order valence-corrected chi connectivity index (χ0v) is 15.8. The number of thiazole rings is 1. The quantitative estimate of drug-likeness (QED) is 0.476. The van der Waals surface area contributed by atoms with Crippen molar-refractivity contribution in [3.63, 3.8) is 0 Å². The molecule has 3 rings (SSSR count). The number of carbonyl (C=O) groups excluding carboxylic acids is 1. The molecule has 0 atom stereocenters. The molecule has 6 nitrogen and oxygen atoms in total. The lowest BCUT2D eigenvalue weighted by Crippen LogP contribution is -2.22. The van der Waals surface area contributed by atoms with Crippen molar-refractivity contribution in [2.24, 2.45) is 0 Å². The van der Waals surface area contributed by atoms with Gasteiger partial charge in [0, 0.05) is 25.0 Å². The number of benzene rings is 1. The first-order valence-corrected chi connectivity index (χ1v) is 9.94. The van der Waals surface area contributed by atoms with Crippen molar-refractivity contribution < 1.29 is 17.6 Å². The van der Waals surface area contributed by atoms with Gasteiger partial charge in [-0.15, -0.1) is 11.3 Å². The van der Waals surface area contributed by atoms with E-state index >= 15 is 0 Å². The zero-order valence-electron chi connectivity index (χ0n) is 14.1. The fourth-order valence-corrected chi connectivity index (χ4v) is 3.86. The molecule has 0 amide bonds. The molecule has 0 spiro atoms. The smallest absolute Gasteiger partial charge is 0.242 e. The summed E-state index contributed by atoms with van der Waals surface area (Å²) in [6.07, 6.45) is 4.55. The minimum atomic E-state index is -3.59. The number of furan rings is 1. The standard InChI is InChI=1S/C18H16N2O4S2/c1-20(2)26(22,23)15-6-3-5-13(11-15)16(21)9-8-14-12-25-18(19-14)17-7-4-10-24-17/h3-12H,1-2H3. The monoisotopic (exact) mass is 388 g/mol. The van der Waals surface area contributed by atoms with Gasteiger partial charge in [-0.1, -0.05) is 12.1 Å². The van der Waals surface area contributed by atoms with Crippen LogP contribution in [-0.2, 0) is 10.0 Å². The maximum Gasteiger partial charge on any atom is 0.242 e. The van der Waals surface area contributed by atoms with Gasteiger partial charge in [0.2, 0.25) is 10.0 Å². The van der Waals surface area contributed by atoms with Crippen molar-refractivity contribution in [3.8, 4) is 10.8 Å². The van der Waals surface area contributed by atoms with Crippen LogP contribution in [0.15, 0.2) is 63.4 Å². The molecule has 2 heterocycles. The molecule has 8 heteroatoms. The van der Waals surface area contributed by atoms with E-state index in [1.807, 2.05) is 11.4 Å². The largest absolute Gasteiger partial charge is 0.462 e. The summed E-state index contributed by atoms with van der Waals surface area (Å²) in [5.74, 6) is 0.371. The fraction of sp³-hybridized carbons (Fsp3) is 0.111. The van der Waals surface area contributed by atoms with Crippen molar-refractivity contribution in [1.29, 1.82) is 0 Å². The summed E-state index contributed by atoms with van der Waals surface area (Å²) < 4.78 is 30.8. The van der Waals surface area contributed by atoms with Crippen molar-refractivity contribution >= 4 is 33.2 Å². The molecule has 0 aliphatic carbocycles. The van der Waals surface area contributed by atoms with Gasteiger partial charge < -0.3 is 4.42 Å². The minimum absolute atomic E-state index is 0.0792. The average Bonchev–Trinajstić information content (AvgIpc) is 3.31. The summed E-state index contributed by atoms with van der Waals surface area (Å²) >= 11 is 1.41. The predicted molar refractivity (Wildman–Crippen MR) is 100 cm³/mol. The van der Waals surface area contributed by atoms with E-state index in [-0.39, 0.29) is 10.7 Å². The van der Waals surface area contributed by atoms with Crippen molar-refractivity contribution in [2.45, 2.75) is 4.90 Å². The van der Waals surface area contributed by atoms with Gasteiger partial charge in [-0.3, -0.25) is 4.79 Å². The number of allylic oxidation sites excluding steroid dienone is 1. The third kappa shape index (κ3) is 3.82. The zero-order chi connectivity index (χ0) is 18.7. The van der Waals surface area contributed by atoms with E-state index in [4.69, 9.17) is 4.42 Å². The number of hydrogen-bond donors (Lipinski definition) is 0.